The van der Waals surface area contributed by atoms with Crippen molar-refractivity contribution in [2.75, 3.05) is 13.1 Å². The molecule has 7 nitrogen and oxygen atoms in total. The van der Waals surface area contributed by atoms with Gasteiger partial charge in [-0.3, -0.25) is 9.69 Å². The summed E-state index contributed by atoms with van der Waals surface area (Å²) in [7, 11) is 0. The molecule has 1 aliphatic heterocycles. The van der Waals surface area contributed by atoms with E-state index in [9.17, 15) is 4.79 Å². The Morgan fingerprint density at radius 3 is 2.45 bits per heavy atom. The number of likely N-dealkylation sites (tertiary alicyclic amines) is 1. The monoisotopic (exact) mass is 562 g/mol. The Labute approximate surface area is 246 Å². The van der Waals surface area contributed by atoms with Crippen LogP contribution in [0.4, 0.5) is 0 Å². The van der Waals surface area contributed by atoms with E-state index in [1.807, 2.05) is 50.2 Å². The minimum atomic E-state index is -0.238. The van der Waals surface area contributed by atoms with Crippen molar-refractivity contribution < 1.29 is 13.7 Å². The average Bonchev–Trinajstić information content (AvgIpc) is 3.50. The summed E-state index contributed by atoms with van der Waals surface area (Å²) in [5.41, 5.74) is 14.2. The molecule has 1 aliphatic rings. The average molecular weight is 563 g/mol. The number of hydrogen-bond donors (Lipinski definition) is 2. The summed E-state index contributed by atoms with van der Waals surface area (Å²) >= 11 is 0. The SMILES string of the molecule is Cc1ccc(C(NC(=O)Cc2ccc3oc(C(c4c(C)noc4C)N4CC(C)(N)C4)cc3c2)c2ccccc2)c(C)c1. The maximum atomic E-state index is 13.5. The van der Waals surface area contributed by atoms with E-state index >= 15 is 0 Å². The quantitative estimate of drug-likeness (QED) is 0.233. The van der Waals surface area contributed by atoms with Crippen LogP contribution in [-0.4, -0.2) is 34.6 Å². The molecule has 2 unspecified atom stereocenters. The number of hydrogen-bond acceptors (Lipinski definition) is 6. The van der Waals surface area contributed by atoms with Gasteiger partial charge in [-0.25, -0.2) is 0 Å². The molecular weight excluding hydrogens is 524 g/mol. The standard InChI is InChI=1S/C35H38N4O3/c1-21-11-13-28(22(2)15-21)33(26-9-7-6-8-10-26)37-31(40)17-25-12-14-29-27(16-25)18-30(41-29)34(39-19-35(5,36)20-39)32-23(3)38-42-24(32)4/h6-16,18,33-34H,17,19-20,36H2,1-5H3,(H,37,40). The van der Waals surface area contributed by atoms with Gasteiger partial charge in [-0.1, -0.05) is 65.3 Å². The number of nitrogens with one attached hydrogen (secondary N) is 1. The number of nitrogens with zero attached hydrogens (tertiary/aromatic N) is 2. The van der Waals surface area contributed by atoms with E-state index in [1.165, 1.54) is 5.56 Å². The van der Waals surface area contributed by atoms with Gasteiger partial charge in [0.2, 0.25) is 5.91 Å². The number of furan rings is 1. The molecule has 216 valence electrons. The second-order valence-corrected chi connectivity index (χ2v) is 12.2. The molecule has 0 aliphatic carbocycles. The summed E-state index contributed by atoms with van der Waals surface area (Å²) in [5, 5.41) is 8.45. The summed E-state index contributed by atoms with van der Waals surface area (Å²) in [6, 6.07) is 24.2. The predicted octanol–water partition coefficient (Wildman–Crippen LogP) is 6.23. The first-order valence-corrected chi connectivity index (χ1v) is 14.5. The fourth-order valence-electron chi connectivity index (χ4n) is 6.34. The van der Waals surface area contributed by atoms with Crippen LogP contribution in [0.25, 0.3) is 11.0 Å². The lowest BCUT2D eigenvalue weighted by molar-refractivity contribution is -0.120. The molecule has 1 amide bonds. The number of rotatable bonds is 8. The zero-order chi connectivity index (χ0) is 29.6. The summed E-state index contributed by atoms with van der Waals surface area (Å²) in [6.07, 6.45) is 0.260. The van der Waals surface area contributed by atoms with Gasteiger partial charge in [0, 0.05) is 29.6 Å². The summed E-state index contributed by atoms with van der Waals surface area (Å²) in [5.74, 6) is 1.55. The third kappa shape index (κ3) is 5.50. The lowest BCUT2D eigenvalue weighted by atomic mass is 9.88. The van der Waals surface area contributed by atoms with E-state index in [1.54, 1.807) is 0 Å². The number of amides is 1. The smallest absolute Gasteiger partial charge is 0.225 e. The third-order valence-corrected chi connectivity index (χ3v) is 8.26. The van der Waals surface area contributed by atoms with Crippen LogP contribution in [-0.2, 0) is 11.2 Å². The molecule has 3 heterocycles. The van der Waals surface area contributed by atoms with Crippen molar-refractivity contribution in [3.8, 4) is 0 Å². The fourth-order valence-corrected chi connectivity index (χ4v) is 6.34. The van der Waals surface area contributed by atoms with Crippen LogP contribution < -0.4 is 11.1 Å². The van der Waals surface area contributed by atoms with Gasteiger partial charge in [0.25, 0.3) is 0 Å². The Bertz CT molecular complexity index is 1720. The van der Waals surface area contributed by atoms with Gasteiger partial charge in [-0.2, -0.15) is 0 Å². The molecule has 1 fully saturated rings. The van der Waals surface area contributed by atoms with Gasteiger partial charge in [0.15, 0.2) is 0 Å². The van der Waals surface area contributed by atoms with Crippen molar-refractivity contribution in [2.24, 2.45) is 5.73 Å². The Morgan fingerprint density at radius 1 is 1.02 bits per heavy atom. The molecule has 42 heavy (non-hydrogen) atoms. The zero-order valence-electron chi connectivity index (χ0n) is 24.9. The number of carbonyl (C=O) groups excluding carboxylic acids is 1. The molecule has 6 rings (SSSR count). The molecule has 0 spiro atoms. The van der Waals surface area contributed by atoms with Crippen molar-refractivity contribution in [3.63, 3.8) is 0 Å². The van der Waals surface area contributed by atoms with E-state index in [2.05, 4.69) is 72.5 Å². The van der Waals surface area contributed by atoms with Crippen LogP contribution in [0.15, 0.2) is 81.7 Å². The minimum Gasteiger partial charge on any atom is -0.459 e. The molecule has 3 aromatic carbocycles. The van der Waals surface area contributed by atoms with E-state index < -0.39 is 0 Å². The van der Waals surface area contributed by atoms with E-state index in [4.69, 9.17) is 14.7 Å². The lowest BCUT2D eigenvalue weighted by Gasteiger charge is -2.48. The van der Waals surface area contributed by atoms with E-state index in [0.717, 1.165) is 69.1 Å². The van der Waals surface area contributed by atoms with E-state index in [0.29, 0.717) is 0 Å². The van der Waals surface area contributed by atoms with Gasteiger partial charge in [-0.15, -0.1) is 0 Å². The minimum absolute atomic E-state index is 0.0386. The number of fused-ring (bicyclic) bond motifs is 1. The van der Waals surface area contributed by atoms with Crippen LogP contribution in [0.3, 0.4) is 0 Å². The first kappa shape index (κ1) is 27.9. The van der Waals surface area contributed by atoms with Crippen molar-refractivity contribution >= 4 is 16.9 Å². The Balaban J connectivity index is 1.26. The Kier molecular flexibility index (Phi) is 7.25. The van der Waals surface area contributed by atoms with E-state index in [-0.39, 0.29) is 30.0 Å². The maximum absolute atomic E-state index is 13.5. The molecule has 7 heteroatoms. The Morgan fingerprint density at radius 2 is 1.79 bits per heavy atom. The molecule has 2 aromatic heterocycles. The molecular formula is C35H38N4O3. The van der Waals surface area contributed by atoms with Crippen LogP contribution in [0, 0.1) is 27.7 Å². The van der Waals surface area contributed by atoms with Crippen molar-refractivity contribution in [2.45, 2.75) is 58.7 Å². The maximum Gasteiger partial charge on any atom is 0.225 e. The zero-order valence-corrected chi connectivity index (χ0v) is 24.9. The second kappa shape index (κ2) is 10.9. The molecule has 1 saturated heterocycles. The van der Waals surface area contributed by atoms with Gasteiger partial charge in [0.1, 0.15) is 17.1 Å². The summed E-state index contributed by atoms with van der Waals surface area (Å²) in [4.78, 5) is 15.8. The summed E-state index contributed by atoms with van der Waals surface area (Å²) < 4.78 is 11.9. The molecule has 2 atom stereocenters. The highest BCUT2D eigenvalue weighted by Gasteiger charge is 2.43. The summed E-state index contributed by atoms with van der Waals surface area (Å²) in [6.45, 7) is 11.6. The first-order valence-electron chi connectivity index (χ1n) is 14.5. The van der Waals surface area contributed by atoms with Crippen LogP contribution in [0.2, 0.25) is 0 Å². The Hall–Kier alpha value is -4.20. The number of aromatic nitrogens is 1. The third-order valence-electron chi connectivity index (χ3n) is 8.26. The number of benzene rings is 3. The predicted molar refractivity (Wildman–Crippen MR) is 164 cm³/mol. The lowest BCUT2D eigenvalue weighted by Crippen LogP contribution is -2.66. The highest BCUT2D eigenvalue weighted by Crippen LogP contribution is 2.40. The topological polar surface area (TPSA) is 97.5 Å². The van der Waals surface area contributed by atoms with Gasteiger partial charge in [-0.05, 0) is 75.1 Å². The van der Waals surface area contributed by atoms with Gasteiger partial charge >= 0.3 is 0 Å². The molecule has 0 saturated carbocycles. The second-order valence-electron chi connectivity index (χ2n) is 12.2. The number of nitrogens with two attached hydrogens (primary N) is 1. The van der Waals surface area contributed by atoms with Crippen LogP contribution >= 0.6 is 0 Å². The highest BCUT2D eigenvalue weighted by molar-refractivity contribution is 5.83. The van der Waals surface area contributed by atoms with Crippen LogP contribution in [0.5, 0.6) is 0 Å². The van der Waals surface area contributed by atoms with Crippen molar-refractivity contribution in [1.82, 2.24) is 15.4 Å². The highest BCUT2D eigenvalue weighted by atomic mass is 16.5. The number of carbonyl (C=O) groups is 1. The van der Waals surface area contributed by atoms with Gasteiger partial charge in [0.05, 0.1) is 24.2 Å². The normalized spacial score (nSPS) is 16.2. The number of aryl methyl sites for hydroxylation is 4. The fraction of sp³-hybridized carbons (Fsp3) is 0.314. The molecule has 0 radical (unpaired) electrons. The first-order chi connectivity index (χ1) is 20.1. The van der Waals surface area contributed by atoms with Gasteiger partial charge < -0.3 is 20.0 Å². The van der Waals surface area contributed by atoms with Crippen LogP contribution in [0.1, 0.15) is 69.6 Å². The van der Waals surface area contributed by atoms with Crippen molar-refractivity contribution in [3.05, 3.63) is 123 Å². The largest absolute Gasteiger partial charge is 0.459 e. The molecule has 3 N–H and O–H groups in total. The van der Waals surface area contributed by atoms with Crippen molar-refractivity contribution in [1.29, 1.82) is 0 Å². The molecule has 5 aromatic rings. The molecule has 0 bridgehead atoms.